The number of nitrogens with one attached hydrogen (secondary N) is 1. The Kier molecular flexibility index (Phi) is 2.45. The van der Waals surface area contributed by atoms with Crippen LogP contribution in [0, 0.1) is 6.92 Å². The summed E-state index contributed by atoms with van der Waals surface area (Å²) in [5.74, 6) is 0.970. The van der Waals surface area contributed by atoms with Crippen molar-refractivity contribution in [1.82, 2.24) is 20.2 Å². The van der Waals surface area contributed by atoms with Gasteiger partial charge in [-0.1, -0.05) is 18.2 Å². The first-order valence-corrected chi connectivity index (χ1v) is 6.79. The second-order valence-electron chi connectivity index (χ2n) is 5.21. The molecule has 0 spiro atoms. The number of rotatable bonds is 1. The van der Waals surface area contributed by atoms with Crippen LogP contribution in [0.5, 0.6) is 0 Å². The lowest BCUT2D eigenvalue weighted by atomic mass is 9.95. The van der Waals surface area contributed by atoms with Crippen molar-refractivity contribution in [2.45, 2.75) is 19.9 Å². The standard InChI is InChI=1S/C15H15N5/c1-10-3-2-4-11-5-6-20(8-13(10)11)15-12-7-18-19-14(12)16-9-17-15/h2-4,7,9H,5-6,8H2,1H3,(H,16,17,18,19). The number of hydrogen-bond acceptors (Lipinski definition) is 4. The summed E-state index contributed by atoms with van der Waals surface area (Å²) in [5, 5.41) is 7.96. The van der Waals surface area contributed by atoms with Crippen LogP contribution < -0.4 is 4.90 Å². The summed E-state index contributed by atoms with van der Waals surface area (Å²) in [7, 11) is 0. The molecule has 2 aromatic heterocycles. The summed E-state index contributed by atoms with van der Waals surface area (Å²) in [5.41, 5.74) is 5.03. The fourth-order valence-corrected chi connectivity index (χ4v) is 2.93. The fourth-order valence-electron chi connectivity index (χ4n) is 2.93. The van der Waals surface area contributed by atoms with Crippen molar-refractivity contribution in [3.8, 4) is 0 Å². The number of aromatic amines is 1. The molecule has 3 heterocycles. The van der Waals surface area contributed by atoms with Crippen LogP contribution in [0.3, 0.4) is 0 Å². The third kappa shape index (κ3) is 1.66. The van der Waals surface area contributed by atoms with E-state index in [-0.39, 0.29) is 0 Å². The van der Waals surface area contributed by atoms with E-state index in [2.05, 4.69) is 50.2 Å². The van der Waals surface area contributed by atoms with Gasteiger partial charge in [-0.2, -0.15) is 5.10 Å². The van der Waals surface area contributed by atoms with Gasteiger partial charge >= 0.3 is 0 Å². The Morgan fingerprint density at radius 3 is 3.15 bits per heavy atom. The van der Waals surface area contributed by atoms with E-state index in [1.54, 1.807) is 12.5 Å². The first-order valence-electron chi connectivity index (χ1n) is 6.79. The van der Waals surface area contributed by atoms with Gasteiger partial charge in [0.15, 0.2) is 5.65 Å². The molecule has 1 N–H and O–H groups in total. The highest BCUT2D eigenvalue weighted by Gasteiger charge is 2.20. The average Bonchev–Trinajstić information content (AvgIpc) is 2.96. The van der Waals surface area contributed by atoms with Crippen LogP contribution >= 0.6 is 0 Å². The first-order chi connectivity index (χ1) is 9.83. The van der Waals surface area contributed by atoms with Gasteiger partial charge in [0.2, 0.25) is 0 Å². The van der Waals surface area contributed by atoms with Crippen LogP contribution in [0.15, 0.2) is 30.7 Å². The predicted octanol–water partition coefficient (Wildman–Crippen LogP) is 2.22. The van der Waals surface area contributed by atoms with E-state index < -0.39 is 0 Å². The molecule has 0 saturated carbocycles. The summed E-state index contributed by atoms with van der Waals surface area (Å²) in [6, 6.07) is 6.55. The van der Waals surface area contributed by atoms with Crippen LogP contribution in [0.1, 0.15) is 16.7 Å². The zero-order valence-electron chi connectivity index (χ0n) is 11.3. The fraction of sp³-hybridized carbons (Fsp3) is 0.267. The highest BCUT2D eigenvalue weighted by Crippen LogP contribution is 2.28. The molecule has 0 aliphatic carbocycles. The van der Waals surface area contributed by atoms with Gasteiger partial charge in [0.25, 0.3) is 0 Å². The molecule has 100 valence electrons. The van der Waals surface area contributed by atoms with Crippen LogP contribution in [0.2, 0.25) is 0 Å². The van der Waals surface area contributed by atoms with Crippen molar-refractivity contribution in [3.63, 3.8) is 0 Å². The lowest BCUT2D eigenvalue weighted by Crippen LogP contribution is -2.31. The van der Waals surface area contributed by atoms with Gasteiger partial charge < -0.3 is 4.90 Å². The number of aryl methyl sites for hydroxylation is 1. The smallest absolute Gasteiger partial charge is 0.160 e. The summed E-state index contributed by atoms with van der Waals surface area (Å²) in [4.78, 5) is 11.0. The van der Waals surface area contributed by atoms with Crippen LogP contribution in [-0.2, 0) is 13.0 Å². The van der Waals surface area contributed by atoms with Crippen molar-refractivity contribution >= 4 is 16.9 Å². The molecule has 0 atom stereocenters. The maximum absolute atomic E-state index is 4.46. The normalized spacial score (nSPS) is 14.6. The van der Waals surface area contributed by atoms with Gasteiger partial charge in [-0.25, -0.2) is 9.97 Å². The summed E-state index contributed by atoms with van der Waals surface area (Å²) in [6.07, 6.45) is 4.46. The molecule has 5 nitrogen and oxygen atoms in total. The highest BCUT2D eigenvalue weighted by molar-refractivity contribution is 5.86. The van der Waals surface area contributed by atoms with Crippen LogP contribution in [-0.4, -0.2) is 26.7 Å². The molecule has 1 aromatic carbocycles. The van der Waals surface area contributed by atoms with Crippen molar-refractivity contribution in [2.24, 2.45) is 0 Å². The largest absolute Gasteiger partial charge is 0.351 e. The number of fused-ring (bicyclic) bond motifs is 2. The minimum absolute atomic E-state index is 0.797. The van der Waals surface area contributed by atoms with Crippen molar-refractivity contribution in [2.75, 3.05) is 11.4 Å². The van der Waals surface area contributed by atoms with Crippen molar-refractivity contribution < 1.29 is 0 Å². The zero-order chi connectivity index (χ0) is 13.5. The van der Waals surface area contributed by atoms with Gasteiger partial charge in [-0.05, 0) is 30.0 Å². The topological polar surface area (TPSA) is 57.7 Å². The van der Waals surface area contributed by atoms with Gasteiger partial charge in [0, 0.05) is 13.1 Å². The van der Waals surface area contributed by atoms with Gasteiger partial charge in [0.05, 0.1) is 11.6 Å². The van der Waals surface area contributed by atoms with Gasteiger partial charge in [-0.15, -0.1) is 0 Å². The molecule has 0 amide bonds. The van der Waals surface area contributed by atoms with E-state index >= 15 is 0 Å². The van der Waals surface area contributed by atoms with Gasteiger partial charge in [0.1, 0.15) is 12.1 Å². The number of hydrogen-bond donors (Lipinski definition) is 1. The predicted molar refractivity (Wildman–Crippen MR) is 77.6 cm³/mol. The van der Waals surface area contributed by atoms with Crippen molar-refractivity contribution in [3.05, 3.63) is 47.4 Å². The molecule has 0 saturated heterocycles. The second kappa shape index (κ2) is 4.30. The molecule has 0 fully saturated rings. The quantitative estimate of drug-likeness (QED) is 0.733. The van der Waals surface area contributed by atoms with E-state index in [4.69, 9.17) is 0 Å². The lowest BCUT2D eigenvalue weighted by molar-refractivity contribution is 0.719. The maximum Gasteiger partial charge on any atom is 0.160 e. The minimum Gasteiger partial charge on any atom is -0.351 e. The Labute approximate surface area is 116 Å². The maximum atomic E-state index is 4.46. The van der Waals surface area contributed by atoms with E-state index in [9.17, 15) is 0 Å². The Morgan fingerprint density at radius 1 is 1.25 bits per heavy atom. The van der Waals surface area contributed by atoms with Crippen LogP contribution in [0.4, 0.5) is 5.82 Å². The monoisotopic (exact) mass is 265 g/mol. The number of anilines is 1. The molecule has 1 aliphatic rings. The number of aromatic nitrogens is 4. The molecule has 1 aliphatic heterocycles. The minimum atomic E-state index is 0.797. The molecule has 20 heavy (non-hydrogen) atoms. The lowest BCUT2D eigenvalue weighted by Gasteiger charge is -2.31. The summed E-state index contributed by atoms with van der Waals surface area (Å²) >= 11 is 0. The summed E-state index contributed by atoms with van der Waals surface area (Å²) < 4.78 is 0. The molecule has 0 unspecified atom stereocenters. The molecule has 4 rings (SSSR count). The molecule has 3 aromatic rings. The molecule has 5 heteroatoms. The Bertz CT molecular complexity index is 777. The van der Waals surface area contributed by atoms with E-state index in [0.717, 1.165) is 36.4 Å². The van der Waals surface area contributed by atoms with E-state index in [0.29, 0.717) is 0 Å². The van der Waals surface area contributed by atoms with Gasteiger partial charge in [-0.3, -0.25) is 5.10 Å². The second-order valence-corrected chi connectivity index (χ2v) is 5.21. The first kappa shape index (κ1) is 11.4. The Balaban J connectivity index is 1.78. The molecule has 0 bridgehead atoms. The van der Waals surface area contributed by atoms with E-state index in [1.807, 2.05) is 0 Å². The SMILES string of the molecule is Cc1cccc2c1CN(c1ncnc3[nH]ncc13)CC2. The molecular formula is C15H15N5. The molecule has 0 radical (unpaired) electrons. The number of H-pyrrole nitrogens is 1. The van der Waals surface area contributed by atoms with Crippen molar-refractivity contribution in [1.29, 1.82) is 0 Å². The zero-order valence-corrected chi connectivity index (χ0v) is 11.3. The number of nitrogens with zero attached hydrogens (tertiary/aromatic N) is 4. The third-order valence-electron chi connectivity index (χ3n) is 4.03. The Hall–Kier alpha value is -2.43. The number of benzene rings is 1. The highest BCUT2D eigenvalue weighted by atomic mass is 15.2. The molecular weight excluding hydrogens is 250 g/mol. The summed E-state index contributed by atoms with van der Waals surface area (Å²) in [6.45, 7) is 4.06. The Morgan fingerprint density at radius 2 is 2.20 bits per heavy atom. The van der Waals surface area contributed by atoms with Crippen LogP contribution in [0.25, 0.3) is 11.0 Å². The third-order valence-corrected chi connectivity index (χ3v) is 4.03. The average molecular weight is 265 g/mol. The van der Waals surface area contributed by atoms with E-state index in [1.165, 1.54) is 16.7 Å².